The zero-order chi connectivity index (χ0) is 15.8. The van der Waals surface area contributed by atoms with E-state index in [9.17, 15) is 4.79 Å². The van der Waals surface area contributed by atoms with Crippen molar-refractivity contribution in [2.24, 2.45) is 4.99 Å². The van der Waals surface area contributed by atoms with E-state index in [0.29, 0.717) is 12.5 Å². The first-order valence-electron chi connectivity index (χ1n) is 6.69. The van der Waals surface area contributed by atoms with Crippen LogP contribution in [0.25, 0.3) is 0 Å². The summed E-state index contributed by atoms with van der Waals surface area (Å²) >= 11 is 3.36. The van der Waals surface area contributed by atoms with Crippen molar-refractivity contribution in [3.8, 4) is 0 Å². The summed E-state index contributed by atoms with van der Waals surface area (Å²) in [7, 11) is 1.64. The summed E-state index contributed by atoms with van der Waals surface area (Å²) < 4.78 is 6.13. The summed E-state index contributed by atoms with van der Waals surface area (Å²) in [6.45, 7) is 0.615. The predicted molar refractivity (Wildman–Crippen MR) is 105 cm³/mol. The smallest absolute Gasteiger partial charge is 0.243 e. The summed E-state index contributed by atoms with van der Waals surface area (Å²) in [5.41, 5.74) is 0.736. The van der Waals surface area contributed by atoms with Crippen LogP contribution in [0.3, 0.4) is 0 Å². The Hall–Kier alpha value is -1.55. The number of nitrogens with one attached hydrogen (secondary N) is 3. The van der Waals surface area contributed by atoms with Gasteiger partial charge in [0.25, 0.3) is 0 Å². The first-order valence-corrected chi connectivity index (χ1v) is 7.49. The molecule has 1 aromatic heterocycles. The SMILES string of the molecule is CN=C(NCC(=O)Nc1cccc(Br)c1)NCc1ccco1.I. The van der Waals surface area contributed by atoms with Crippen molar-refractivity contribution in [1.82, 2.24) is 10.6 Å². The topological polar surface area (TPSA) is 78.7 Å². The zero-order valence-corrected chi connectivity index (χ0v) is 16.4. The van der Waals surface area contributed by atoms with Crippen molar-refractivity contribution >= 4 is 57.5 Å². The maximum Gasteiger partial charge on any atom is 0.243 e. The third-order valence-corrected chi connectivity index (χ3v) is 3.25. The Morgan fingerprint density at radius 3 is 2.74 bits per heavy atom. The monoisotopic (exact) mass is 492 g/mol. The Morgan fingerprint density at radius 1 is 1.26 bits per heavy atom. The van der Waals surface area contributed by atoms with E-state index in [1.54, 1.807) is 13.3 Å². The van der Waals surface area contributed by atoms with Crippen LogP contribution in [0, 0.1) is 0 Å². The van der Waals surface area contributed by atoms with Gasteiger partial charge < -0.3 is 20.4 Å². The van der Waals surface area contributed by atoms with Gasteiger partial charge in [-0.25, -0.2) is 0 Å². The van der Waals surface area contributed by atoms with Gasteiger partial charge in [0.2, 0.25) is 5.91 Å². The van der Waals surface area contributed by atoms with E-state index in [4.69, 9.17) is 4.42 Å². The number of aliphatic imine (C=N–C) groups is 1. The number of furan rings is 1. The van der Waals surface area contributed by atoms with Crippen LogP contribution < -0.4 is 16.0 Å². The van der Waals surface area contributed by atoms with Crippen LogP contribution in [0.15, 0.2) is 56.5 Å². The number of hydrogen-bond acceptors (Lipinski definition) is 3. The second-order valence-electron chi connectivity index (χ2n) is 4.42. The van der Waals surface area contributed by atoms with Crippen molar-refractivity contribution in [3.63, 3.8) is 0 Å². The fourth-order valence-electron chi connectivity index (χ4n) is 1.74. The normalized spacial score (nSPS) is 10.6. The molecule has 0 saturated carbocycles. The Bertz CT molecular complexity index is 647. The van der Waals surface area contributed by atoms with Crippen LogP contribution in [-0.2, 0) is 11.3 Å². The number of benzene rings is 1. The average Bonchev–Trinajstić information content (AvgIpc) is 3.01. The third kappa shape index (κ3) is 7.04. The van der Waals surface area contributed by atoms with E-state index in [2.05, 4.69) is 36.9 Å². The van der Waals surface area contributed by atoms with E-state index >= 15 is 0 Å². The van der Waals surface area contributed by atoms with Crippen LogP contribution >= 0.6 is 39.9 Å². The van der Waals surface area contributed by atoms with Crippen molar-refractivity contribution in [1.29, 1.82) is 0 Å². The van der Waals surface area contributed by atoms with Gasteiger partial charge in [-0.1, -0.05) is 22.0 Å². The lowest BCUT2D eigenvalue weighted by molar-refractivity contribution is -0.115. The van der Waals surface area contributed by atoms with Gasteiger partial charge in [-0.05, 0) is 30.3 Å². The van der Waals surface area contributed by atoms with Crippen LogP contribution in [0.4, 0.5) is 5.69 Å². The number of anilines is 1. The van der Waals surface area contributed by atoms with E-state index in [1.165, 1.54) is 0 Å². The fraction of sp³-hybridized carbons (Fsp3) is 0.200. The second kappa shape index (κ2) is 10.3. The highest BCUT2D eigenvalue weighted by Crippen LogP contribution is 2.15. The first kappa shape index (κ1) is 19.5. The number of rotatable bonds is 5. The van der Waals surface area contributed by atoms with Gasteiger partial charge in [-0.15, -0.1) is 24.0 Å². The van der Waals surface area contributed by atoms with Crippen molar-refractivity contribution in [2.75, 3.05) is 18.9 Å². The standard InChI is InChI=1S/C15H17BrN4O2.HI/c1-17-15(18-9-13-6-3-7-22-13)19-10-14(21)20-12-5-2-4-11(16)8-12;/h2-8H,9-10H2,1H3,(H,20,21)(H2,17,18,19);1H. The molecule has 0 spiro atoms. The fourth-order valence-corrected chi connectivity index (χ4v) is 2.14. The van der Waals surface area contributed by atoms with Crippen molar-refractivity contribution < 1.29 is 9.21 Å². The molecule has 2 aromatic rings. The molecule has 6 nitrogen and oxygen atoms in total. The molecule has 1 amide bonds. The molecule has 0 saturated heterocycles. The summed E-state index contributed by atoms with van der Waals surface area (Å²) in [5, 5.41) is 8.80. The van der Waals surface area contributed by atoms with Crippen molar-refractivity contribution in [3.05, 3.63) is 52.9 Å². The zero-order valence-electron chi connectivity index (χ0n) is 12.5. The van der Waals surface area contributed by atoms with Crippen molar-refractivity contribution in [2.45, 2.75) is 6.54 Å². The largest absolute Gasteiger partial charge is 0.467 e. The number of amides is 1. The van der Waals surface area contributed by atoms with Gasteiger partial charge >= 0.3 is 0 Å². The van der Waals surface area contributed by atoms with E-state index < -0.39 is 0 Å². The summed E-state index contributed by atoms with van der Waals surface area (Å²) in [6, 6.07) is 11.1. The number of nitrogens with zero attached hydrogens (tertiary/aromatic N) is 1. The number of carbonyl (C=O) groups excluding carboxylic acids is 1. The molecule has 1 aromatic carbocycles. The molecule has 0 radical (unpaired) electrons. The summed E-state index contributed by atoms with van der Waals surface area (Å²) in [4.78, 5) is 15.9. The third-order valence-electron chi connectivity index (χ3n) is 2.76. The molecule has 0 atom stereocenters. The number of halogens is 2. The van der Waals surface area contributed by atoms with Crippen LogP contribution in [-0.4, -0.2) is 25.5 Å². The first-order chi connectivity index (χ1) is 10.7. The molecule has 0 bridgehead atoms. The molecule has 0 fully saturated rings. The Morgan fingerprint density at radius 2 is 2.09 bits per heavy atom. The molecule has 8 heteroatoms. The van der Waals surface area contributed by atoms with Crippen LogP contribution in [0.5, 0.6) is 0 Å². The molecule has 124 valence electrons. The minimum Gasteiger partial charge on any atom is -0.467 e. The maximum atomic E-state index is 11.9. The Kier molecular flexibility index (Phi) is 8.70. The average molecular weight is 493 g/mol. The molecule has 2 rings (SSSR count). The molecule has 0 aliphatic rings. The summed E-state index contributed by atoms with van der Waals surface area (Å²) in [5.74, 6) is 1.17. The maximum absolute atomic E-state index is 11.9. The Balaban J connectivity index is 0.00000264. The predicted octanol–water partition coefficient (Wildman–Crippen LogP) is 2.96. The highest BCUT2D eigenvalue weighted by Gasteiger charge is 2.05. The molecule has 0 aliphatic carbocycles. The number of guanidine groups is 1. The summed E-state index contributed by atoms with van der Waals surface area (Å²) in [6.07, 6.45) is 1.61. The highest BCUT2D eigenvalue weighted by molar-refractivity contribution is 14.0. The minimum atomic E-state index is -0.154. The van der Waals surface area contributed by atoms with Crippen LogP contribution in [0.1, 0.15) is 5.76 Å². The second-order valence-corrected chi connectivity index (χ2v) is 5.33. The lowest BCUT2D eigenvalue weighted by atomic mass is 10.3. The van der Waals surface area contributed by atoms with Gasteiger partial charge in [0.1, 0.15) is 5.76 Å². The Labute approximate surface area is 160 Å². The van der Waals surface area contributed by atoms with Gasteiger partial charge in [-0.3, -0.25) is 9.79 Å². The lowest BCUT2D eigenvalue weighted by Crippen LogP contribution is -2.41. The molecule has 0 unspecified atom stereocenters. The van der Waals surface area contributed by atoms with E-state index in [-0.39, 0.29) is 36.4 Å². The molecule has 1 heterocycles. The minimum absolute atomic E-state index is 0. The molecule has 3 N–H and O–H groups in total. The van der Waals surface area contributed by atoms with Gasteiger partial charge in [0.15, 0.2) is 5.96 Å². The quantitative estimate of drug-likeness (QED) is 0.340. The van der Waals surface area contributed by atoms with Gasteiger partial charge in [0, 0.05) is 17.2 Å². The molecular weight excluding hydrogens is 475 g/mol. The molecule has 0 aliphatic heterocycles. The highest BCUT2D eigenvalue weighted by atomic mass is 127. The van der Waals surface area contributed by atoms with E-state index in [0.717, 1.165) is 15.9 Å². The number of hydrogen-bond donors (Lipinski definition) is 3. The molecular formula is C15H18BrIN4O2. The number of carbonyl (C=O) groups is 1. The van der Waals surface area contributed by atoms with E-state index in [1.807, 2.05) is 36.4 Å². The lowest BCUT2D eigenvalue weighted by Gasteiger charge is -2.11. The van der Waals surface area contributed by atoms with Crippen LogP contribution in [0.2, 0.25) is 0 Å². The molecule has 23 heavy (non-hydrogen) atoms. The van der Waals surface area contributed by atoms with Gasteiger partial charge in [-0.2, -0.15) is 0 Å². The van der Waals surface area contributed by atoms with Gasteiger partial charge in [0.05, 0.1) is 19.4 Å².